The molecular weight excluding hydrogens is 519 g/mol. The maximum Gasteiger partial charge on any atom is 0.174 e. The average molecular weight is 537 g/mol. The number of thioether (sulfide) groups is 1. The number of hydrogen-bond acceptors (Lipinski definition) is 5. The van der Waals surface area contributed by atoms with Crippen LogP contribution in [0.25, 0.3) is 0 Å². The van der Waals surface area contributed by atoms with Gasteiger partial charge >= 0.3 is 0 Å². The highest BCUT2D eigenvalue weighted by molar-refractivity contribution is 14.1. The van der Waals surface area contributed by atoms with E-state index in [4.69, 9.17) is 21.1 Å². The second-order valence-corrected chi connectivity index (χ2v) is 8.99. The van der Waals surface area contributed by atoms with Crippen LogP contribution >= 0.6 is 46.0 Å². The van der Waals surface area contributed by atoms with Crippen LogP contribution in [0.15, 0.2) is 71.8 Å². The molecule has 3 aromatic carbocycles. The van der Waals surface area contributed by atoms with E-state index in [1.807, 2.05) is 48.5 Å². The number of benzene rings is 3. The van der Waals surface area contributed by atoms with Crippen molar-refractivity contribution in [3.05, 3.63) is 92.0 Å². The van der Waals surface area contributed by atoms with E-state index in [2.05, 4.69) is 51.3 Å². The number of rotatable bonds is 6. The molecule has 0 aliphatic carbocycles. The third-order valence-corrected chi connectivity index (χ3v) is 6.75. The van der Waals surface area contributed by atoms with Crippen LogP contribution in [0.4, 0.5) is 0 Å². The Morgan fingerprint density at radius 3 is 2.62 bits per heavy atom. The highest BCUT2D eigenvalue weighted by Crippen LogP contribution is 2.41. The monoisotopic (exact) mass is 536 g/mol. The Kier molecular flexibility index (Phi) is 6.52. The van der Waals surface area contributed by atoms with Crippen LogP contribution in [0.1, 0.15) is 22.1 Å². The van der Waals surface area contributed by atoms with Crippen LogP contribution in [0, 0.1) is 3.57 Å². The summed E-state index contributed by atoms with van der Waals surface area (Å²) < 4.78 is 12.7. The number of hydrazone groups is 1. The summed E-state index contributed by atoms with van der Waals surface area (Å²) in [4.78, 5) is 0. The molecule has 1 atom stereocenters. The Morgan fingerprint density at radius 2 is 1.86 bits per heavy atom. The van der Waals surface area contributed by atoms with Gasteiger partial charge in [0, 0.05) is 16.1 Å². The summed E-state index contributed by atoms with van der Waals surface area (Å²) in [5.41, 5.74) is 6.34. The predicted molar refractivity (Wildman–Crippen MR) is 128 cm³/mol. The Balaban J connectivity index is 1.52. The van der Waals surface area contributed by atoms with Crippen LogP contribution in [0.5, 0.6) is 11.5 Å². The molecule has 3 aromatic rings. The predicted octanol–water partition coefficient (Wildman–Crippen LogP) is 6.23. The lowest BCUT2D eigenvalue weighted by Gasteiger charge is -2.17. The maximum absolute atomic E-state index is 6.24. The highest BCUT2D eigenvalue weighted by Gasteiger charge is 2.24. The van der Waals surface area contributed by atoms with Crippen molar-refractivity contribution in [1.29, 1.82) is 0 Å². The number of nitrogens with one attached hydrogen (secondary N) is 1. The van der Waals surface area contributed by atoms with Crippen molar-refractivity contribution in [3.8, 4) is 11.5 Å². The fraction of sp³-hybridized carbons (Fsp3) is 0.136. The zero-order chi connectivity index (χ0) is 20.2. The van der Waals surface area contributed by atoms with Gasteiger partial charge in [-0.1, -0.05) is 71.9 Å². The van der Waals surface area contributed by atoms with Crippen LogP contribution in [-0.2, 0) is 6.61 Å². The Bertz CT molecular complexity index is 1050. The molecule has 0 radical (unpaired) electrons. The molecule has 4 nitrogen and oxygen atoms in total. The van der Waals surface area contributed by atoms with Gasteiger partial charge in [-0.25, -0.2) is 0 Å². The van der Waals surface area contributed by atoms with E-state index in [1.165, 1.54) is 0 Å². The van der Waals surface area contributed by atoms with Crippen molar-refractivity contribution >= 4 is 51.0 Å². The lowest BCUT2D eigenvalue weighted by Crippen LogP contribution is -2.08. The molecule has 148 valence electrons. The standard InChI is InChI=1S/C22H18ClIN2O2S/c1-27-19-12-16(22-26-25-21(29-22)14-7-3-2-4-8-14)11-18(24)20(19)28-13-15-9-5-6-10-17(15)23/h2-12,22,26H,13H2,1H3/t22-/m1/s1. The van der Waals surface area contributed by atoms with Crippen LogP contribution < -0.4 is 14.9 Å². The zero-order valence-corrected chi connectivity index (χ0v) is 19.3. The van der Waals surface area contributed by atoms with Crippen molar-refractivity contribution in [2.24, 2.45) is 5.10 Å². The van der Waals surface area contributed by atoms with E-state index in [9.17, 15) is 0 Å². The van der Waals surface area contributed by atoms with Gasteiger partial charge in [-0.05, 0) is 46.4 Å². The lowest BCUT2D eigenvalue weighted by atomic mass is 10.2. The van der Waals surface area contributed by atoms with Crippen molar-refractivity contribution in [3.63, 3.8) is 0 Å². The Hall–Kier alpha value is -1.90. The highest BCUT2D eigenvalue weighted by atomic mass is 127. The summed E-state index contributed by atoms with van der Waals surface area (Å²) in [5.74, 6) is 1.40. The van der Waals surface area contributed by atoms with Crippen LogP contribution in [-0.4, -0.2) is 12.2 Å². The first-order valence-electron chi connectivity index (χ1n) is 8.94. The van der Waals surface area contributed by atoms with Gasteiger partial charge in [0.2, 0.25) is 0 Å². The molecule has 0 unspecified atom stereocenters. The summed E-state index contributed by atoms with van der Waals surface area (Å²) >= 11 is 10.2. The number of halogens is 2. The lowest BCUT2D eigenvalue weighted by molar-refractivity contribution is 0.282. The van der Waals surface area contributed by atoms with Gasteiger partial charge in [0.15, 0.2) is 11.5 Å². The fourth-order valence-corrected chi connectivity index (χ4v) is 4.88. The second kappa shape index (κ2) is 9.28. The fourth-order valence-electron chi connectivity index (χ4n) is 2.93. The molecule has 0 fully saturated rings. The normalized spacial score (nSPS) is 15.6. The van der Waals surface area contributed by atoms with E-state index in [0.29, 0.717) is 23.1 Å². The molecule has 0 saturated heterocycles. The smallest absolute Gasteiger partial charge is 0.174 e. The molecule has 0 aromatic heterocycles. The topological polar surface area (TPSA) is 42.8 Å². The van der Waals surface area contributed by atoms with Gasteiger partial charge in [-0.2, -0.15) is 5.10 Å². The Morgan fingerprint density at radius 1 is 1.10 bits per heavy atom. The van der Waals surface area contributed by atoms with Gasteiger partial charge in [-0.3, -0.25) is 5.43 Å². The minimum atomic E-state index is 0.0187. The van der Waals surface area contributed by atoms with Gasteiger partial charge in [0.25, 0.3) is 0 Å². The van der Waals surface area contributed by atoms with Gasteiger partial charge < -0.3 is 9.47 Å². The van der Waals surface area contributed by atoms with Crippen molar-refractivity contribution < 1.29 is 9.47 Å². The summed E-state index contributed by atoms with van der Waals surface area (Å²) in [6, 6.07) is 21.9. The zero-order valence-electron chi connectivity index (χ0n) is 15.6. The maximum atomic E-state index is 6.24. The van der Waals surface area contributed by atoms with E-state index in [-0.39, 0.29) is 5.37 Å². The third-order valence-electron chi connectivity index (χ3n) is 4.42. The van der Waals surface area contributed by atoms with E-state index in [1.54, 1.807) is 18.9 Å². The molecular formula is C22H18ClIN2O2S. The quantitative estimate of drug-likeness (QED) is 0.379. The number of methoxy groups -OCH3 is 1. The molecule has 29 heavy (non-hydrogen) atoms. The molecule has 1 heterocycles. The van der Waals surface area contributed by atoms with Crippen LogP contribution in [0.2, 0.25) is 5.02 Å². The van der Waals surface area contributed by atoms with Crippen molar-refractivity contribution in [2.75, 3.05) is 7.11 Å². The summed E-state index contributed by atoms with van der Waals surface area (Å²) in [7, 11) is 1.65. The molecule has 4 rings (SSSR count). The number of ether oxygens (including phenoxy) is 2. The average Bonchev–Trinajstić information content (AvgIpc) is 3.24. The first-order chi connectivity index (χ1) is 14.2. The second-order valence-electron chi connectivity index (χ2n) is 6.32. The molecule has 1 N–H and O–H groups in total. The third kappa shape index (κ3) is 4.65. The van der Waals surface area contributed by atoms with E-state index >= 15 is 0 Å². The summed E-state index contributed by atoms with van der Waals surface area (Å²) in [5, 5.41) is 6.18. The van der Waals surface area contributed by atoms with Gasteiger partial charge in [-0.15, -0.1) is 0 Å². The summed E-state index contributed by atoms with van der Waals surface area (Å²) in [6.45, 7) is 0.378. The van der Waals surface area contributed by atoms with Crippen LogP contribution in [0.3, 0.4) is 0 Å². The molecule has 7 heteroatoms. The van der Waals surface area contributed by atoms with E-state index in [0.717, 1.165) is 25.3 Å². The number of nitrogens with zero attached hydrogens (tertiary/aromatic N) is 1. The molecule has 1 aliphatic heterocycles. The largest absolute Gasteiger partial charge is 0.493 e. The van der Waals surface area contributed by atoms with Gasteiger partial charge in [0.05, 0.1) is 10.7 Å². The molecule has 0 saturated carbocycles. The van der Waals surface area contributed by atoms with Gasteiger partial charge in [0.1, 0.15) is 17.0 Å². The molecule has 1 aliphatic rings. The molecule has 0 bridgehead atoms. The first-order valence-corrected chi connectivity index (χ1v) is 11.3. The molecule has 0 amide bonds. The number of hydrogen-bond donors (Lipinski definition) is 1. The summed E-state index contributed by atoms with van der Waals surface area (Å²) in [6.07, 6.45) is 0. The SMILES string of the molecule is COc1cc([C@@H]2NN=C(c3ccccc3)S2)cc(I)c1OCc1ccccc1Cl. The minimum absolute atomic E-state index is 0.0187. The van der Waals surface area contributed by atoms with Crippen molar-refractivity contribution in [2.45, 2.75) is 12.0 Å². The molecule has 0 spiro atoms. The minimum Gasteiger partial charge on any atom is -0.493 e. The van der Waals surface area contributed by atoms with E-state index < -0.39 is 0 Å². The van der Waals surface area contributed by atoms with Crippen molar-refractivity contribution in [1.82, 2.24) is 5.43 Å². The first kappa shape index (κ1) is 20.4. The Labute approximate surface area is 192 Å².